The second-order valence-corrected chi connectivity index (χ2v) is 9.62. The normalized spacial score (nSPS) is 31.9. The first kappa shape index (κ1) is 24.1. The molecule has 5 aliphatic rings. The van der Waals surface area contributed by atoms with Gasteiger partial charge in [-0.3, -0.25) is 41.1 Å². The van der Waals surface area contributed by atoms with E-state index in [2.05, 4.69) is 30.4 Å². The van der Waals surface area contributed by atoms with Crippen molar-refractivity contribution in [3.05, 3.63) is 23.8 Å². The molecule has 202 valence electrons. The fourth-order valence-electron chi connectivity index (χ4n) is 5.80. The summed E-state index contributed by atoms with van der Waals surface area (Å²) in [4.78, 5) is 41.6. The number of imide groups is 1. The number of guanidine groups is 2. The van der Waals surface area contributed by atoms with E-state index in [-0.39, 0.29) is 61.0 Å². The smallest absolute Gasteiger partial charge is 0.395 e. The quantitative estimate of drug-likeness (QED) is 0.103. The van der Waals surface area contributed by atoms with E-state index in [4.69, 9.17) is 11.5 Å². The summed E-state index contributed by atoms with van der Waals surface area (Å²) in [5.41, 5.74) is 10.1. The summed E-state index contributed by atoms with van der Waals surface area (Å²) in [6.45, 7) is -0.401. The lowest BCUT2D eigenvalue weighted by Gasteiger charge is -2.41. The Bertz CT molecular complexity index is 1330. The molecule has 0 aromatic heterocycles. The van der Waals surface area contributed by atoms with Gasteiger partial charge in [-0.25, -0.2) is 9.89 Å². The number of para-hydroxylation sites is 1. The Morgan fingerprint density at radius 1 is 1.24 bits per heavy atom. The third-order valence-electron chi connectivity index (χ3n) is 7.46. The van der Waals surface area contributed by atoms with Gasteiger partial charge in [0.2, 0.25) is 11.8 Å². The lowest BCUT2D eigenvalue weighted by Crippen LogP contribution is -2.92. The number of alkyl halides is 2. The monoisotopic (exact) mass is 538 g/mol. The van der Waals surface area contributed by atoms with E-state index in [1.54, 1.807) is 0 Å². The van der Waals surface area contributed by atoms with Crippen molar-refractivity contribution in [2.75, 3.05) is 13.1 Å². The van der Waals surface area contributed by atoms with Gasteiger partial charge in [-0.05, 0) is 12.1 Å². The van der Waals surface area contributed by atoms with Gasteiger partial charge in [0.15, 0.2) is 17.5 Å². The van der Waals surface area contributed by atoms with Crippen molar-refractivity contribution >= 4 is 29.6 Å². The van der Waals surface area contributed by atoms with E-state index >= 15 is 0 Å². The highest BCUT2D eigenvalue weighted by Crippen LogP contribution is 2.44. The SMILES string of the molecule is NC1=[NH+][C@H]2[C@H](CN3C(=O)CCC3=O)NC(N)=[N+]3CC(NC(=O)c4cccc5c4OC(F)(F)O5)C(O)(O)C23N1. The van der Waals surface area contributed by atoms with Crippen LogP contribution >= 0.6 is 0 Å². The molecule has 5 aliphatic heterocycles. The Hall–Kier alpha value is -4.25. The predicted molar refractivity (Wildman–Crippen MR) is 118 cm³/mol. The number of nitrogens with two attached hydrogens (primary N) is 2. The average Bonchev–Trinajstić information content (AvgIpc) is 3.52. The number of benzene rings is 1. The summed E-state index contributed by atoms with van der Waals surface area (Å²) in [6, 6.07) is 0.482. The molecule has 2 saturated heterocycles. The van der Waals surface area contributed by atoms with Crippen LogP contribution in [0.1, 0.15) is 23.2 Å². The van der Waals surface area contributed by atoms with Crippen LogP contribution in [0.3, 0.4) is 0 Å². The summed E-state index contributed by atoms with van der Waals surface area (Å²) in [5, 5.41) is 31.3. The fraction of sp³-hybridized carbons (Fsp3) is 0.476. The van der Waals surface area contributed by atoms with Crippen molar-refractivity contribution in [1.29, 1.82) is 0 Å². The molecule has 1 spiro atoms. The molecular formula is C21H24F2N8O7+2. The number of fused-ring (bicyclic) bond motifs is 1. The molecule has 1 aromatic carbocycles. The van der Waals surface area contributed by atoms with E-state index in [9.17, 15) is 33.4 Å². The number of hydrogen-bond donors (Lipinski definition) is 8. The largest absolute Gasteiger partial charge is 0.586 e. The number of amides is 3. The van der Waals surface area contributed by atoms with Gasteiger partial charge in [-0.1, -0.05) is 6.07 Å². The molecule has 3 amide bonds. The van der Waals surface area contributed by atoms with Crippen LogP contribution in [0.15, 0.2) is 18.2 Å². The lowest BCUT2D eigenvalue weighted by atomic mass is 9.85. The molecule has 2 fully saturated rings. The first-order valence-corrected chi connectivity index (χ1v) is 11.7. The minimum Gasteiger partial charge on any atom is -0.395 e. The summed E-state index contributed by atoms with van der Waals surface area (Å²) < 4.78 is 37.4. The van der Waals surface area contributed by atoms with Crippen molar-refractivity contribution in [3.63, 3.8) is 0 Å². The Kier molecular flexibility index (Phi) is 4.84. The van der Waals surface area contributed by atoms with E-state index < -0.39 is 47.5 Å². The maximum Gasteiger partial charge on any atom is 0.586 e. The molecule has 2 unspecified atom stereocenters. The van der Waals surface area contributed by atoms with Crippen molar-refractivity contribution < 1.29 is 52.4 Å². The minimum atomic E-state index is -3.97. The number of carbonyl (C=O) groups excluding carboxylic acids is 3. The summed E-state index contributed by atoms with van der Waals surface area (Å²) >= 11 is 0. The third kappa shape index (κ3) is 3.21. The molecule has 4 atom stereocenters. The van der Waals surface area contributed by atoms with Crippen LogP contribution in [0.2, 0.25) is 0 Å². The summed E-state index contributed by atoms with van der Waals surface area (Å²) in [6.07, 6.45) is -3.84. The number of carbonyl (C=O) groups is 3. The third-order valence-corrected chi connectivity index (χ3v) is 7.46. The number of halogens is 2. The number of likely N-dealkylation sites (tertiary alicyclic amines) is 1. The van der Waals surface area contributed by atoms with E-state index in [1.165, 1.54) is 22.8 Å². The van der Waals surface area contributed by atoms with E-state index in [1.807, 2.05) is 0 Å². The molecule has 10 N–H and O–H groups in total. The maximum atomic E-state index is 13.6. The molecular weight excluding hydrogens is 514 g/mol. The summed E-state index contributed by atoms with van der Waals surface area (Å²) in [5.74, 6) is -5.43. The first-order chi connectivity index (χ1) is 17.8. The Morgan fingerprint density at radius 2 is 1.95 bits per heavy atom. The molecule has 6 rings (SSSR count). The van der Waals surface area contributed by atoms with Crippen LogP contribution < -0.4 is 41.9 Å². The number of hydrogen-bond acceptors (Lipinski definition) is 11. The zero-order valence-corrected chi connectivity index (χ0v) is 19.5. The zero-order valence-electron chi connectivity index (χ0n) is 19.5. The second-order valence-electron chi connectivity index (χ2n) is 9.62. The Balaban J connectivity index is 1.31. The maximum absolute atomic E-state index is 13.6. The molecule has 5 heterocycles. The van der Waals surface area contributed by atoms with Crippen LogP contribution in [-0.2, 0) is 9.59 Å². The van der Waals surface area contributed by atoms with Gasteiger partial charge in [0.05, 0.1) is 18.7 Å². The molecule has 0 aliphatic carbocycles. The molecule has 0 bridgehead atoms. The lowest BCUT2D eigenvalue weighted by molar-refractivity contribution is -0.674. The van der Waals surface area contributed by atoms with Crippen LogP contribution in [-0.4, -0.2) is 98.3 Å². The number of rotatable bonds is 4. The van der Waals surface area contributed by atoms with E-state index in [0.717, 1.165) is 4.90 Å². The number of nitrogens with one attached hydrogen (secondary N) is 4. The highest BCUT2D eigenvalue weighted by molar-refractivity contribution is 6.02. The highest BCUT2D eigenvalue weighted by atomic mass is 19.3. The Labute approximate surface area is 212 Å². The molecule has 15 nitrogen and oxygen atoms in total. The van der Waals surface area contributed by atoms with Gasteiger partial charge in [0.25, 0.3) is 17.4 Å². The van der Waals surface area contributed by atoms with Crippen LogP contribution in [0.5, 0.6) is 11.5 Å². The second kappa shape index (κ2) is 7.64. The standard InChI is InChI=1S/C21H22F2N8O7/c22-21(23)37-10-3-1-2-8(14(10)38-21)16(34)27-11-7-31-18(25)26-9(6-30-12(32)4-5-13(30)33)15-19(31,20(11,35)36)29-17(24)28-15/h1-3,9,11,15,35-36H,4-7H2,(H6,24,25,26,27,28,29,34)/p+2/t9-,11?,15-,19?/m0/s1. The topological polar surface area (TPSA) is 218 Å². The van der Waals surface area contributed by atoms with Gasteiger partial charge in [-0.2, -0.15) is 0 Å². The van der Waals surface area contributed by atoms with Crippen LogP contribution in [0.25, 0.3) is 0 Å². The molecule has 0 saturated carbocycles. The highest BCUT2D eigenvalue weighted by Gasteiger charge is 2.78. The fourth-order valence-corrected chi connectivity index (χ4v) is 5.80. The molecule has 38 heavy (non-hydrogen) atoms. The Morgan fingerprint density at radius 3 is 2.66 bits per heavy atom. The summed E-state index contributed by atoms with van der Waals surface area (Å²) in [7, 11) is 0. The van der Waals surface area contributed by atoms with Crippen molar-refractivity contribution in [2.45, 2.75) is 48.7 Å². The molecule has 17 heteroatoms. The number of ether oxygens (including phenoxy) is 2. The van der Waals surface area contributed by atoms with Crippen molar-refractivity contribution in [2.24, 2.45) is 11.5 Å². The first-order valence-electron chi connectivity index (χ1n) is 11.7. The number of aliphatic hydroxyl groups is 2. The predicted octanol–water partition coefficient (Wildman–Crippen LogP) is -5.69. The van der Waals surface area contributed by atoms with Crippen molar-refractivity contribution in [1.82, 2.24) is 20.9 Å². The van der Waals surface area contributed by atoms with Crippen LogP contribution in [0, 0.1) is 0 Å². The van der Waals surface area contributed by atoms with Gasteiger partial charge in [0.1, 0.15) is 12.1 Å². The van der Waals surface area contributed by atoms with E-state index in [0.29, 0.717) is 0 Å². The van der Waals surface area contributed by atoms with Gasteiger partial charge >= 0.3 is 18.2 Å². The van der Waals surface area contributed by atoms with Gasteiger partial charge in [-0.15, -0.1) is 8.78 Å². The van der Waals surface area contributed by atoms with Gasteiger partial charge in [0, 0.05) is 12.8 Å². The van der Waals surface area contributed by atoms with Crippen LogP contribution in [0.4, 0.5) is 8.78 Å². The average molecular weight is 538 g/mol. The number of nitrogens with zero attached hydrogens (tertiary/aromatic N) is 2. The molecule has 0 radical (unpaired) electrons. The minimum absolute atomic E-state index is 0.0458. The van der Waals surface area contributed by atoms with Gasteiger partial charge < -0.3 is 25.0 Å². The molecule has 1 aromatic rings. The zero-order chi connectivity index (χ0) is 27.2. The van der Waals surface area contributed by atoms with Crippen molar-refractivity contribution in [3.8, 4) is 11.5 Å².